The average Bonchev–Trinajstić information content (AvgIpc) is 2.89. The van der Waals surface area contributed by atoms with Crippen molar-refractivity contribution in [3.63, 3.8) is 0 Å². The second-order valence-electron chi connectivity index (χ2n) is 4.78. The molecule has 1 unspecified atom stereocenters. The Hall–Kier alpha value is -2.01. The van der Waals surface area contributed by atoms with Gasteiger partial charge in [0.25, 0.3) is 5.91 Å². The zero-order valence-electron chi connectivity index (χ0n) is 11.2. The molecule has 2 heterocycles. The number of para-hydroxylation sites is 2. The third kappa shape index (κ3) is 2.63. The number of hydrogen-bond donors (Lipinski definition) is 2. The van der Waals surface area contributed by atoms with Crippen LogP contribution in [0.2, 0.25) is 0 Å². The minimum atomic E-state index is -0.483. The number of benzene rings is 1. The molecule has 0 radical (unpaired) electrons. The number of thiophene rings is 1. The fourth-order valence-electron chi connectivity index (χ4n) is 2.12. The van der Waals surface area contributed by atoms with Crippen molar-refractivity contribution in [3.8, 4) is 5.75 Å². The Balaban J connectivity index is 1.60. The van der Waals surface area contributed by atoms with Crippen LogP contribution in [0.3, 0.4) is 0 Å². The van der Waals surface area contributed by atoms with Crippen LogP contribution in [0.4, 0.5) is 5.69 Å². The van der Waals surface area contributed by atoms with Gasteiger partial charge in [-0.1, -0.05) is 12.1 Å². The number of fused-ring (bicyclic) bond motifs is 1. The van der Waals surface area contributed by atoms with E-state index < -0.39 is 6.10 Å². The van der Waals surface area contributed by atoms with E-state index in [9.17, 15) is 4.79 Å². The lowest BCUT2D eigenvalue weighted by molar-refractivity contribution is -0.127. The highest BCUT2D eigenvalue weighted by atomic mass is 32.1. The number of rotatable bonds is 3. The van der Waals surface area contributed by atoms with Gasteiger partial charge in [0.15, 0.2) is 6.10 Å². The quantitative estimate of drug-likeness (QED) is 0.912. The Morgan fingerprint density at radius 1 is 1.45 bits per heavy atom. The molecule has 104 valence electrons. The number of ether oxygens (including phenoxy) is 1. The lowest BCUT2D eigenvalue weighted by Gasteiger charge is -2.26. The average molecular weight is 288 g/mol. The second-order valence-corrected chi connectivity index (χ2v) is 5.52. The summed E-state index contributed by atoms with van der Waals surface area (Å²) in [7, 11) is 0. The zero-order valence-corrected chi connectivity index (χ0v) is 12.0. The molecule has 1 aromatic carbocycles. The molecule has 1 aliphatic rings. The summed E-state index contributed by atoms with van der Waals surface area (Å²) >= 11 is 1.65. The minimum Gasteiger partial charge on any atom is -0.477 e. The number of anilines is 1. The molecule has 2 aromatic rings. The van der Waals surface area contributed by atoms with Crippen LogP contribution < -0.4 is 15.4 Å². The van der Waals surface area contributed by atoms with Crippen LogP contribution >= 0.6 is 11.3 Å². The first-order valence-corrected chi connectivity index (χ1v) is 7.47. The van der Waals surface area contributed by atoms with Crippen molar-refractivity contribution in [3.05, 3.63) is 46.2 Å². The first-order chi connectivity index (χ1) is 9.74. The maximum absolute atomic E-state index is 12.1. The summed E-state index contributed by atoms with van der Waals surface area (Å²) in [6, 6.07) is 7.65. The molecule has 0 bridgehead atoms. The highest BCUT2D eigenvalue weighted by Crippen LogP contribution is 2.28. The largest absolute Gasteiger partial charge is 0.477 e. The Morgan fingerprint density at radius 3 is 3.10 bits per heavy atom. The number of hydrogen-bond acceptors (Lipinski definition) is 4. The Bertz CT molecular complexity index is 624. The highest BCUT2D eigenvalue weighted by Gasteiger charge is 2.25. The summed E-state index contributed by atoms with van der Waals surface area (Å²) < 4.78 is 5.72. The monoisotopic (exact) mass is 288 g/mol. The molecule has 1 amide bonds. The van der Waals surface area contributed by atoms with Gasteiger partial charge >= 0.3 is 0 Å². The van der Waals surface area contributed by atoms with Crippen molar-refractivity contribution >= 4 is 22.9 Å². The fraction of sp³-hybridized carbons (Fsp3) is 0.267. The van der Waals surface area contributed by atoms with Crippen LogP contribution in [0.25, 0.3) is 0 Å². The number of amides is 1. The van der Waals surface area contributed by atoms with E-state index in [1.807, 2.05) is 31.2 Å². The van der Waals surface area contributed by atoms with Crippen molar-refractivity contribution in [1.82, 2.24) is 5.32 Å². The van der Waals surface area contributed by atoms with Crippen LogP contribution in [-0.4, -0.2) is 18.6 Å². The van der Waals surface area contributed by atoms with Gasteiger partial charge < -0.3 is 15.4 Å². The van der Waals surface area contributed by atoms with Gasteiger partial charge in [-0.15, -0.1) is 0 Å². The molecule has 1 aliphatic heterocycles. The zero-order chi connectivity index (χ0) is 13.9. The van der Waals surface area contributed by atoms with Crippen LogP contribution in [0.15, 0.2) is 35.0 Å². The van der Waals surface area contributed by atoms with E-state index in [0.29, 0.717) is 13.1 Å². The number of aryl methyl sites for hydroxylation is 1. The predicted octanol–water partition coefficient (Wildman–Crippen LogP) is 2.55. The molecule has 4 nitrogen and oxygen atoms in total. The Labute approximate surface area is 121 Å². The molecule has 0 aliphatic carbocycles. The van der Waals surface area contributed by atoms with Gasteiger partial charge in [0.2, 0.25) is 0 Å². The van der Waals surface area contributed by atoms with Crippen molar-refractivity contribution in [2.24, 2.45) is 0 Å². The van der Waals surface area contributed by atoms with Gasteiger partial charge in [0.05, 0.1) is 12.2 Å². The SMILES string of the molecule is Cc1cscc1CNC(=O)C1CNc2ccccc2O1. The van der Waals surface area contributed by atoms with E-state index >= 15 is 0 Å². The van der Waals surface area contributed by atoms with E-state index in [2.05, 4.69) is 21.4 Å². The molecule has 0 saturated heterocycles. The standard InChI is InChI=1S/C15H16N2O2S/c1-10-8-20-9-11(10)6-17-15(18)14-7-16-12-4-2-3-5-13(12)19-14/h2-5,8-9,14,16H,6-7H2,1H3,(H,17,18). The van der Waals surface area contributed by atoms with Crippen LogP contribution in [-0.2, 0) is 11.3 Å². The summed E-state index contributed by atoms with van der Waals surface area (Å²) in [6.45, 7) is 3.09. The van der Waals surface area contributed by atoms with Gasteiger partial charge in [-0.3, -0.25) is 4.79 Å². The first-order valence-electron chi connectivity index (χ1n) is 6.53. The Morgan fingerprint density at radius 2 is 2.30 bits per heavy atom. The van der Waals surface area contributed by atoms with Crippen molar-refractivity contribution in [2.75, 3.05) is 11.9 Å². The van der Waals surface area contributed by atoms with Crippen molar-refractivity contribution in [1.29, 1.82) is 0 Å². The molecule has 2 N–H and O–H groups in total. The predicted molar refractivity (Wildman–Crippen MR) is 80.3 cm³/mol. The van der Waals surface area contributed by atoms with E-state index in [0.717, 1.165) is 17.0 Å². The molecule has 5 heteroatoms. The highest BCUT2D eigenvalue weighted by molar-refractivity contribution is 7.08. The van der Waals surface area contributed by atoms with Gasteiger partial charge in [-0.2, -0.15) is 11.3 Å². The molecule has 0 spiro atoms. The Kier molecular flexibility index (Phi) is 3.60. The molecule has 0 saturated carbocycles. The summed E-state index contributed by atoms with van der Waals surface area (Å²) in [6.07, 6.45) is -0.483. The smallest absolute Gasteiger partial charge is 0.263 e. The molecule has 20 heavy (non-hydrogen) atoms. The van der Waals surface area contributed by atoms with Gasteiger partial charge in [0, 0.05) is 6.54 Å². The maximum atomic E-state index is 12.1. The summed E-state index contributed by atoms with van der Waals surface area (Å²) in [5.74, 6) is 0.642. The molecule has 1 aromatic heterocycles. The first kappa shape index (κ1) is 13.0. The van der Waals surface area contributed by atoms with Crippen molar-refractivity contribution in [2.45, 2.75) is 19.6 Å². The van der Waals surface area contributed by atoms with Crippen molar-refractivity contribution < 1.29 is 9.53 Å². The summed E-state index contributed by atoms with van der Waals surface area (Å²) in [5, 5.41) is 10.3. The second kappa shape index (κ2) is 5.54. The number of carbonyl (C=O) groups is 1. The third-order valence-corrected chi connectivity index (χ3v) is 4.25. The minimum absolute atomic E-state index is 0.0856. The lowest BCUT2D eigenvalue weighted by atomic mass is 10.2. The van der Waals surface area contributed by atoms with Gasteiger partial charge in [-0.05, 0) is 40.9 Å². The van der Waals surface area contributed by atoms with E-state index in [-0.39, 0.29) is 5.91 Å². The molecule has 3 rings (SSSR count). The van der Waals surface area contributed by atoms with Crippen LogP contribution in [0.1, 0.15) is 11.1 Å². The summed E-state index contributed by atoms with van der Waals surface area (Å²) in [4.78, 5) is 12.1. The van der Waals surface area contributed by atoms with Gasteiger partial charge in [-0.25, -0.2) is 0 Å². The maximum Gasteiger partial charge on any atom is 0.263 e. The summed E-state index contributed by atoms with van der Waals surface area (Å²) in [5.41, 5.74) is 3.31. The fourth-order valence-corrected chi connectivity index (χ4v) is 2.98. The molecular weight excluding hydrogens is 272 g/mol. The normalized spacial score (nSPS) is 16.8. The van der Waals surface area contributed by atoms with Crippen LogP contribution in [0.5, 0.6) is 5.75 Å². The molecule has 0 fully saturated rings. The van der Waals surface area contributed by atoms with Crippen LogP contribution in [0, 0.1) is 6.92 Å². The van der Waals surface area contributed by atoms with E-state index in [1.54, 1.807) is 11.3 Å². The lowest BCUT2D eigenvalue weighted by Crippen LogP contribution is -2.44. The van der Waals surface area contributed by atoms with Gasteiger partial charge in [0.1, 0.15) is 5.75 Å². The van der Waals surface area contributed by atoms with E-state index in [1.165, 1.54) is 5.56 Å². The third-order valence-electron chi connectivity index (χ3n) is 3.34. The number of carbonyl (C=O) groups excluding carboxylic acids is 1. The topological polar surface area (TPSA) is 50.4 Å². The molecular formula is C15H16N2O2S. The molecule has 1 atom stereocenters. The van der Waals surface area contributed by atoms with E-state index in [4.69, 9.17) is 4.74 Å². The number of nitrogens with one attached hydrogen (secondary N) is 2.